The van der Waals surface area contributed by atoms with Gasteiger partial charge in [-0.15, -0.1) is 11.3 Å². The summed E-state index contributed by atoms with van der Waals surface area (Å²) < 4.78 is 0. The monoisotopic (exact) mass is 270 g/mol. The summed E-state index contributed by atoms with van der Waals surface area (Å²) in [6, 6.07) is 3.56. The Balaban J connectivity index is 1.55. The van der Waals surface area contributed by atoms with Gasteiger partial charge in [-0.3, -0.25) is 4.90 Å². The molecule has 4 heteroatoms. The molecule has 0 spiro atoms. The SMILES string of the molecule is Clc1csc(CNC2CCN3CCCCC23)c1. The lowest BCUT2D eigenvalue weighted by Gasteiger charge is -2.32. The lowest BCUT2D eigenvalue weighted by Crippen LogP contribution is -2.44. The zero-order valence-corrected chi connectivity index (χ0v) is 11.6. The Labute approximate surface area is 112 Å². The summed E-state index contributed by atoms with van der Waals surface area (Å²) in [4.78, 5) is 4.02. The molecule has 3 heterocycles. The number of hydrogen-bond donors (Lipinski definition) is 1. The number of piperidine rings is 1. The van der Waals surface area contributed by atoms with E-state index in [0.717, 1.165) is 17.6 Å². The summed E-state index contributed by atoms with van der Waals surface area (Å²) in [6.07, 6.45) is 5.49. The van der Waals surface area contributed by atoms with Gasteiger partial charge in [-0.05, 0) is 31.9 Å². The Kier molecular flexibility index (Phi) is 3.71. The third kappa shape index (κ3) is 2.68. The fourth-order valence-corrected chi connectivity index (χ4v) is 4.19. The van der Waals surface area contributed by atoms with Gasteiger partial charge in [-0.2, -0.15) is 0 Å². The summed E-state index contributed by atoms with van der Waals surface area (Å²) >= 11 is 7.70. The first-order valence-electron chi connectivity index (χ1n) is 6.53. The third-order valence-corrected chi connectivity index (χ3v) is 5.30. The predicted octanol–water partition coefficient (Wildman–Crippen LogP) is 3.12. The topological polar surface area (TPSA) is 15.3 Å². The molecule has 0 radical (unpaired) electrons. The highest BCUT2D eigenvalue weighted by molar-refractivity contribution is 7.10. The molecule has 2 unspecified atom stereocenters. The molecule has 94 valence electrons. The maximum atomic E-state index is 5.94. The van der Waals surface area contributed by atoms with Crippen molar-refractivity contribution in [2.45, 2.75) is 44.3 Å². The molecule has 2 aliphatic heterocycles. The number of rotatable bonds is 3. The lowest BCUT2D eigenvalue weighted by molar-refractivity contribution is 0.180. The van der Waals surface area contributed by atoms with Gasteiger partial charge in [0.2, 0.25) is 0 Å². The molecule has 2 fully saturated rings. The molecule has 0 saturated carbocycles. The minimum atomic E-state index is 0.691. The number of fused-ring (bicyclic) bond motifs is 1. The van der Waals surface area contributed by atoms with Gasteiger partial charge in [0.25, 0.3) is 0 Å². The molecular weight excluding hydrogens is 252 g/mol. The first-order valence-corrected chi connectivity index (χ1v) is 7.79. The quantitative estimate of drug-likeness (QED) is 0.908. The Bertz CT molecular complexity index is 379. The fourth-order valence-electron chi connectivity index (χ4n) is 3.16. The van der Waals surface area contributed by atoms with Crippen molar-refractivity contribution in [2.24, 2.45) is 0 Å². The largest absolute Gasteiger partial charge is 0.307 e. The van der Waals surface area contributed by atoms with Crippen LogP contribution >= 0.6 is 22.9 Å². The minimum absolute atomic E-state index is 0.691. The summed E-state index contributed by atoms with van der Waals surface area (Å²) in [6.45, 7) is 3.58. The maximum Gasteiger partial charge on any atom is 0.0516 e. The van der Waals surface area contributed by atoms with E-state index in [1.807, 2.05) is 5.38 Å². The average molecular weight is 271 g/mol. The van der Waals surface area contributed by atoms with Crippen molar-refractivity contribution in [3.63, 3.8) is 0 Å². The molecule has 2 nitrogen and oxygen atoms in total. The van der Waals surface area contributed by atoms with Gasteiger partial charge in [0.15, 0.2) is 0 Å². The van der Waals surface area contributed by atoms with Crippen molar-refractivity contribution in [1.29, 1.82) is 0 Å². The van der Waals surface area contributed by atoms with Gasteiger partial charge in [0.05, 0.1) is 5.02 Å². The highest BCUT2D eigenvalue weighted by Crippen LogP contribution is 2.27. The molecule has 1 N–H and O–H groups in total. The molecule has 2 saturated heterocycles. The smallest absolute Gasteiger partial charge is 0.0516 e. The van der Waals surface area contributed by atoms with Crippen LogP contribution in [-0.4, -0.2) is 30.1 Å². The van der Waals surface area contributed by atoms with Gasteiger partial charge in [0.1, 0.15) is 0 Å². The van der Waals surface area contributed by atoms with Crippen LogP contribution in [0.4, 0.5) is 0 Å². The molecule has 3 rings (SSSR count). The van der Waals surface area contributed by atoms with E-state index in [1.54, 1.807) is 11.3 Å². The molecule has 0 amide bonds. The third-order valence-electron chi connectivity index (χ3n) is 4.02. The second-order valence-corrected chi connectivity index (χ2v) is 6.54. The van der Waals surface area contributed by atoms with Crippen molar-refractivity contribution in [1.82, 2.24) is 10.2 Å². The number of halogens is 1. The van der Waals surface area contributed by atoms with Crippen LogP contribution in [0.15, 0.2) is 11.4 Å². The van der Waals surface area contributed by atoms with Crippen LogP contribution in [0.1, 0.15) is 30.6 Å². The van der Waals surface area contributed by atoms with Crippen LogP contribution in [-0.2, 0) is 6.54 Å². The van der Waals surface area contributed by atoms with E-state index in [-0.39, 0.29) is 0 Å². The number of hydrogen-bond acceptors (Lipinski definition) is 3. The molecule has 1 aromatic rings. The Morgan fingerprint density at radius 3 is 3.12 bits per heavy atom. The first-order chi connectivity index (χ1) is 8.33. The minimum Gasteiger partial charge on any atom is -0.307 e. The van der Waals surface area contributed by atoms with Crippen molar-refractivity contribution >= 4 is 22.9 Å². The van der Waals surface area contributed by atoms with Gasteiger partial charge >= 0.3 is 0 Å². The molecule has 0 aliphatic carbocycles. The molecular formula is C13H19ClN2S. The van der Waals surface area contributed by atoms with E-state index in [4.69, 9.17) is 11.6 Å². The van der Waals surface area contributed by atoms with Crippen LogP contribution in [0, 0.1) is 0 Å². The van der Waals surface area contributed by atoms with Crippen LogP contribution in [0.5, 0.6) is 0 Å². The van der Waals surface area contributed by atoms with E-state index in [1.165, 1.54) is 43.6 Å². The molecule has 2 atom stereocenters. The summed E-state index contributed by atoms with van der Waals surface area (Å²) in [5.74, 6) is 0. The molecule has 17 heavy (non-hydrogen) atoms. The van der Waals surface area contributed by atoms with Gasteiger partial charge < -0.3 is 5.32 Å². The highest BCUT2D eigenvalue weighted by Gasteiger charge is 2.34. The van der Waals surface area contributed by atoms with Crippen molar-refractivity contribution in [2.75, 3.05) is 13.1 Å². The van der Waals surface area contributed by atoms with Crippen LogP contribution in [0.3, 0.4) is 0 Å². The molecule has 2 aliphatic rings. The normalized spacial score (nSPS) is 29.5. The maximum absolute atomic E-state index is 5.94. The highest BCUT2D eigenvalue weighted by atomic mass is 35.5. The van der Waals surface area contributed by atoms with Gasteiger partial charge in [0, 0.05) is 35.4 Å². The van der Waals surface area contributed by atoms with Crippen molar-refractivity contribution in [3.05, 3.63) is 21.3 Å². The zero-order valence-electron chi connectivity index (χ0n) is 9.99. The number of nitrogens with zero attached hydrogens (tertiary/aromatic N) is 1. The standard InChI is InChI=1S/C13H19ClN2S/c14-10-7-11(17-9-10)8-15-12-4-6-16-5-2-1-3-13(12)16/h7,9,12-13,15H,1-6,8H2. The zero-order chi connectivity index (χ0) is 11.7. The van der Waals surface area contributed by atoms with Gasteiger partial charge in [-0.1, -0.05) is 18.0 Å². The summed E-state index contributed by atoms with van der Waals surface area (Å²) in [7, 11) is 0. The average Bonchev–Trinajstić information content (AvgIpc) is 2.93. The van der Waals surface area contributed by atoms with Crippen molar-refractivity contribution in [3.8, 4) is 0 Å². The van der Waals surface area contributed by atoms with Crippen LogP contribution in [0.25, 0.3) is 0 Å². The van der Waals surface area contributed by atoms with Crippen molar-refractivity contribution < 1.29 is 0 Å². The van der Waals surface area contributed by atoms with E-state index in [0.29, 0.717) is 6.04 Å². The Morgan fingerprint density at radius 1 is 1.35 bits per heavy atom. The molecule has 1 aromatic heterocycles. The van der Waals surface area contributed by atoms with E-state index in [9.17, 15) is 0 Å². The molecule has 0 bridgehead atoms. The molecule has 0 aromatic carbocycles. The predicted molar refractivity (Wildman–Crippen MR) is 73.8 cm³/mol. The van der Waals surface area contributed by atoms with Crippen LogP contribution < -0.4 is 5.32 Å². The second kappa shape index (κ2) is 5.27. The first kappa shape index (κ1) is 12.0. The van der Waals surface area contributed by atoms with Gasteiger partial charge in [-0.25, -0.2) is 0 Å². The van der Waals surface area contributed by atoms with Crippen LogP contribution in [0.2, 0.25) is 5.02 Å². The van der Waals surface area contributed by atoms with E-state index >= 15 is 0 Å². The fraction of sp³-hybridized carbons (Fsp3) is 0.692. The Hall–Kier alpha value is -0.0900. The number of thiophene rings is 1. The number of nitrogens with one attached hydrogen (secondary N) is 1. The van der Waals surface area contributed by atoms with E-state index < -0.39 is 0 Å². The lowest BCUT2D eigenvalue weighted by atomic mass is 9.99. The Morgan fingerprint density at radius 2 is 2.29 bits per heavy atom. The van der Waals surface area contributed by atoms with E-state index in [2.05, 4.69) is 16.3 Å². The second-order valence-electron chi connectivity index (χ2n) is 5.11. The summed E-state index contributed by atoms with van der Waals surface area (Å²) in [5.41, 5.74) is 0. The summed E-state index contributed by atoms with van der Waals surface area (Å²) in [5, 5.41) is 6.61.